The van der Waals surface area contributed by atoms with Crippen molar-refractivity contribution in [1.29, 1.82) is 0 Å². The van der Waals surface area contributed by atoms with Gasteiger partial charge in [-0.15, -0.1) is 0 Å². The smallest absolute Gasteiger partial charge is 0.153 e. The number of aliphatic hydroxyl groups excluding tert-OH is 1. The molecule has 2 N–H and O–H groups in total. The monoisotopic (exact) mass is 340 g/mol. The minimum Gasteiger partial charge on any atom is -0.467 e. The molecule has 0 saturated heterocycles. The standard InChI is InChI=1S/C19H24N4O2/c1-13(11-17(24)18-7-6-10-25-18)22-14(2)16-12-21-23(15(16)3)19-8-4-5-9-20-19/h4-10,12-14,17,22,24H,11H2,1-3H3. The van der Waals surface area contributed by atoms with Crippen molar-refractivity contribution in [3.8, 4) is 5.82 Å². The Balaban J connectivity index is 1.65. The van der Waals surface area contributed by atoms with Crippen LogP contribution in [-0.4, -0.2) is 25.9 Å². The van der Waals surface area contributed by atoms with Crippen molar-refractivity contribution in [3.63, 3.8) is 0 Å². The largest absolute Gasteiger partial charge is 0.467 e. The quantitative estimate of drug-likeness (QED) is 0.690. The van der Waals surface area contributed by atoms with Gasteiger partial charge < -0.3 is 14.8 Å². The van der Waals surface area contributed by atoms with Crippen molar-refractivity contribution >= 4 is 0 Å². The Bertz CT molecular complexity index is 783. The van der Waals surface area contributed by atoms with E-state index in [1.807, 2.05) is 36.0 Å². The van der Waals surface area contributed by atoms with Crippen LogP contribution >= 0.6 is 0 Å². The summed E-state index contributed by atoms with van der Waals surface area (Å²) in [5.74, 6) is 1.40. The summed E-state index contributed by atoms with van der Waals surface area (Å²) in [4.78, 5) is 4.35. The van der Waals surface area contributed by atoms with Crippen molar-refractivity contribution < 1.29 is 9.52 Å². The molecule has 0 saturated carbocycles. The predicted octanol–water partition coefficient (Wildman–Crippen LogP) is 3.33. The first kappa shape index (κ1) is 17.4. The second-order valence-corrected chi connectivity index (χ2v) is 6.34. The van der Waals surface area contributed by atoms with Crippen molar-refractivity contribution in [3.05, 3.63) is 66.0 Å². The van der Waals surface area contributed by atoms with E-state index < -0.39 is 6.10 Å². The number of furan rings is 1. The Kier molecular flexibility index (Phi) is 5.31. The van der Waals surface area contributed by atoms with Gasteiger partial charge in [-0.3, -0.25) is 0 Å². The summed E-state index contributed by atoms with van der Waals surface area (Å²) in [5.41, 5.74) is 2.17. The number of nitrogens with one attached hydrogen (secondary N) is 1. The minimum absolute atomic E-state index is 0.108. The first-order valence-corrected chi connectivity index (χ1v) is 8.49. The lowest BCUT2D eigenvalue weighted by Crippen LogP contribution is -2.30. The molecule has 0 aromatic carbocycles. The molecule has 3 rings (SSSR count). The number of hydrogen-bond donors (Lipinski definition) is 2. The second-order valence-electron chi connectivity index (χ2n) is 6.34. The van der Waals surface area contributed by atoms with Crippen molar-refractivity contribution in [2.75, 3.05) is 0 Å². The van der Waals surface area contributed by atoms with Crippen LogP contribution in [0.5, 0.6) is 0 Å². The third-order valence-electron chi connectivity index (χ3n) is 4.36. The predicted molar refractivity (Wildman–Crippen MR) is 95.4 cm³/mol. The van der Waals surface area contributed by atoms with Gasteiger partial charge in [0.1, 0.15) is 11.9 Å². The molecule has 0 spiro atoms. The van der Waals surface area contributed by atoms with Gasteiger partial charge in [0.25, 0.3) is 0 Å². The van der Waals surface area contributed by atoms with E-state index in [1.54, 1.807) is 24.6 Å². The molecule has 3 unspecified atom stereocenters. The fourth-order valence-corrected chi connectivity index (χ4v) is 3.07. The summed E-state index contributed by atoms with van der Waals surface area (Å²) in [7, 11) is 0. The van der Waals surface area contributed by atoms with Gasteiger partial charge >= 0.3 is 0 Å². The Hall–Kier alpha value is -2.44. The topological polar surface area (TPSA) is 76.1 Å². The van der Waals surface area contributed by atoms with Gasteiger partial charge in [0, 0.05) is 29.5 Å². The van der Waals surface area contributed by atoms with E-state index >= 15 is 0 Å². The van der Waals surface area contributed by atoms with E-state index in [-0.39, 0.29) is 12.1 Å². The van der Waals surface area contributed by atoms with E-state index in [0.717, 1.165) is 17.1 Å². The Morgan fingerprint density at radius 1 is 1.24 bits per heavy atom. The summed E-state index contributed by atoms with van der Waals surface area (Å²) in [6, 6.07) is 9.58. The SMILES string of the molecule is Cc1c(C(C)NC(C)CC(O)c2ccco2)cnn1-c1ccccn1. The maximum atomic E-state index is 10.2. The average Bonchev–Trinajstić information content (AvgIpc) is 3.25. The van der Waals surface area contributed by atoms with Crippen LogP contribution in [0.25, 0.3) is 5.82 Å². The summed E-state index contributed by atoms with van der Waals surface area (Å²) in [6.07, 6.45) is 5.18. The van der Waals surface area contributed by atoms with E-state index in [0.29, 0.717) is 12.2 Å². The maximum absolute atomic E-state index is 10.2. The molecule has 132 valence electrons. The lowest BCUT2D eigenvalue weighted by Gasteiger charge is -2.21. The van der Waals surface area contributed by atoms with E-state index in [1.165, 1.54) is 0 Å². The van der Waals surface area contributed by atoms with Crippen molar-refractivity contribution in [2.24, 2.45) is 0 Å². The van der Waals surface area contributed by atoms with Crippen LogP contribution in [0.4, 0.5) is 0 Å². The summed E-state index contributed by atoms with van der Waals surface area (Å²) in [6.45, 7) is 6.20. The number of aromatic nitrogens is 3. The molecular weight excluding hydrogens is 316 g/mol. The van der Waals surface area contributed by atoms with Gasteiger partial charge in [0.05, 0.1) is 12.5 Å². The van der Waals surface area contributed by atoms with Gasteiger partial charge in [-0.1, -0.05) is 6.07 Å². The highest BCUT2D eigenvalue weighted by molar-refractivity contribution is 5.29. The zero-order valence-electron chi connectivity index (χ0n) is 14.8. The minimum atomic E-state index is -0.609. The molecule has 0 aliphatic heterocycles. The second kappa shape index (κ2) is 7.63. The molecule has 0 bridgehead atoms. The van der Waals surface area contributed by atoms with Crippen molar-refractivity contribution in [2.45, 2.75) is 45.4 Å². The highest BCUT2D eigenvalue weighted by Crippen LogP contribution is 2.23. The van der Waals surface area contributed by atoms with E-state index in [9.17, 15) is 5.11 Å². The molecule has 3 heterocycles. The molecular formula is C19H24N4O2. The van der Waals surface area contributed by atoms with Gasteiger partial charge in [0.2, 0.25) is 0 Å². The molecule has 0 amide bonds. The third kappa shape index (κ3) is 3.97. The molecule has 3 aromatic rings. The molecule has 0 aliphatic rings. The van der Waals surface area contributed by atoms with Crippen LogP contribution < -0.4 is 5.32 Å². The molecule has 6 nitrogen and oxygen atoms in total. The molecule has 0 aliphatic carbocycles. The zero-order chi connectivity index (χ0) is 17.8. The Morgan fingerprint density at radius 2 is 2.08 bits per heavy atom. The summed E-state index contributed by atoms with van der Waals surface area (Å²) >= 11 is 0. The Morgan fingerprint density at radius 3 is 2.76 bits per heavy atom. The van der Waals surface area contributed by atoms with Gasteiger partial charge in [-0.2, -0.15) is 5.10 Å². The number of aliphatic hydroxyl groups is 1. The number of pyridine rings is 1. The van der Waals surface area contributed by atoms with Crippen LogP contribution in [0.15, 0.2) is 53.4 Å². The lowest BCUT2D eigenvalue weighted by molar-refractivity contribution is 0.127. The molecule has 3 atom stereocenters. The van der Waals surface area contributed by atoms with Crippen LogP contribution in [0.1, 0.15) is 49.4 Å². The first-order chi connectivity index (χ1) is 12.1. The van der Waals surface area contributed by atoms with Crippen molar-refractivity contribution in [1.82, 2.24) is 20.1 Å². The van der Waals surface area contributed by atoms with Crippen LogP contribution in [0.2, 0.25) is 0 Å². The molecule has 6 heteroatoms. The summed E-state index contributed by atoms with van der Waals surface area (Å²) < 4.78 is 7.10. The number of hydrogen-bond acceptors (Lipinski definition) is 5. The normalized spacial score (nSPS) is 15.0. The van der Waals surface area contributed by atoms with Crippen LogP contribution in [0.3, 0.4) is 0 Å². The number of rotatable bonds is 7. The fourth-order valence-electron chi connectivity index (χ4n) is 3.07. The lowest BCUT2D eigenvalue weighted by atomic mass is 10.1. The Labute approximate surface area is 147 Å². The molecule has 25 heavy (non-hydrogen) atoms. The summed E-state index contributed by atoms with van der Waals surface area (Å²) in [5, 5.41) is 18.2. The highest BCUT2D eigenvalue weighted by Gasteiger charge is 2.19. The highest BCUT2D eigenvalue weighted by atomic mass is 16.4. The third-order valence-corrected chi connectivity index (χ3v) is 4.36. The van der Waals surface area contributed by atoms with E-state index in [2.05, 4.69) is 29.2 Å². The first-order valence-electron chi connectivity index (χ1n) is 8.49. The van der Waals surface area contributed by atoms with E-state index in [4.69, 9.17) is 4.42 Å². The van der Waals surface area contributed by atoms with Gasteiger partial charge in [-0.05, 0) is 51.5 Å². The number of nitrogens with zero attached hydrogens (tertiary/aromatic N) is 3. The van der Waals surface area contributed by atoms with Gasteiger partial charge in [0.15, 0.2) is 5.82 Å². The van der Waals surface area contributed by atoms with Gasteiger partial charge in [-0.25, -0.2) is 9.67 Å². The maximum Gasteiger partial charge on any atom is 0.153 e. The fraction of sp³-hybridized carbons (Fsp3) is 0.368. The molecule has 3 aromatic heterocycles. The zero-order valence-corrected chi connectivity index (χ0v) is 14.8. The van der Waals surface area contributed by atoms with Crippen LogP contribution in [0, 0.1) is 6.92 Å². The molecule has 0 radical (unpaired) electrons. The molecule has 0 fully saturated rings. The average molecular weight is 340 g/mol. The van der Waals surface area contributed by atoms with Crippen LogP contribution in [-0.2, 0) is 0 Å².